The molecule has 1 aliphatic heterocycles. The third-order valence-corrected chi connectivity index (χ3v) is 3.98. The Morgan fingerprint density at radius 2 is 2.00 bits per heavy atom. The fraction of sp³-hybridized carbons (Fsp3) is 0.368. The molecule has 1 aliphatic rings. The summed E-state index contributed by atoms with van der Waals surface area (Å²) in [4.78, 5) is 0. The van der Waals surface area contributed by atoms with Crippen molar-refractivity contribution < 1.29 is 9.84 Å². The molecule has 1 heterocycles. The smallest absolute Gasteiger partial charge is 0.123 e. The molecule has 0 radical (unpaired) electrons. The van der Waals surface area contributed by atoms with E-state index < -0.39 is 6.10 Å². The van der Waals surface area contributed by atoms with Gasteiger partial charge in [0.05, 0.1) is 6.10 Å². The molecular weight excluding hydrogens is 260 g/mol. The van der Waals surface area contributed by atoms with E-state index in [1.54, 1.807) is 0 Å². The van der Waals surface area contributed by atoms with Gasteiger partial charge in [0.2, 0.25) is 0 Å². The fourth-order valence-corrected chi connectivity index (χ4v) is 3.02. The second-order valence-corrected chi connectivity index (χ2v) is 6.61. The average molecular weight is 282 g/mol. The molecule has 0 bridgehead atoms. The zero-order chi connectivity index (χ0) is 15.0. The topological polar surface area (TPSA) is 29.5 Å². The first-order valence-electron chi connectivity index (χ1n) is 7.48. The van der Waals surface area contributed by atoms with E-state index >= 15 is 0 Å². The zero-order valence-electron chi connectivity index (χ0n) is 12.9. The van der Waals surface area contributed by atoms with Gasteiger partial charge in [-0.05, 0) is 49.6 Å². The lowest BCUT2D eigenvalue weighted by atomic mass is 9.96. The highest BCUT2D eigenvalue weighted by atomic mass is 16.5. The number of ether oxygens (including phenoxy) is 1. The highest BCUT2D eigenvalue weighted by Crippen LogP contribution is 2.36. The van der Waals surface area contributed by atoms with E-state index in [9.17, 15) is 5.11 Å². The number of hydrogen-bond acceptors (Lipinski definition) is 2. The summed E-state index contributed by atoms with van der Waals surface area (Å²) in [5.41, 5.74) is 4.42. The minimum Gasteiger partial charge on any atom is -0.487 e. The SMILES string of the molecule is Cc1cccc(CC(O)c2ccc3c(c2)CC(C)(C)O3)c1. The van der Waals surface area contributed by atoms with Crippen LogP contribution >= 0.6 is 0 Å². The van der Waals surface area contributed by atoms with Crippen LogP contribution in [0.1, 0.15) is 42.2 Å². The molecule has 1 N–H and O–H groups in total. The van der Waals surface area contributed by atoms with Gasteiger partial charge in [-0.1, -0.05) is 35.9 Å². The van der Waals surface area contributed by atoms with E-state index in [1.165, 1.54) is 16.7 Å². The van der Waals surface area contributed by atoms with Crippen molar-refractivity contribution in [3.8, 4) is 5.75 Å². The summed E-state index contributed by atoms with van der Waals surface area (Å²) in [5.74, 6) is 0.950. The molecule has 21 heavy (non-hydrogen) atoms. The minimum absolute atomic E-state index is 0.136. The van der Waals surface area contributed by atoms with Gasteiger partial charge < -0.3 is 9.84 Å². The van der Waals surface area contributed by atoms with Gasteiger partial charge in [-0.3, -0.25) is 0 Å². The maximum Gasteiger partial charge on any atom is 0.123 e. The molecule has 2 aromatic rings. The largest absolute Gasteiger partial charge is 0.487 e. The van der Waals surface area contributed by atoms with Crippen LogP contribution in [-0.4, -0.2) is 10.7 Å². The van der Waals surface area contributed by atoms with Crippen LogP contribution in [0, 0.1) is 6.92 Å². The van der Waals surface area contributed by atoms with Crippen molar-refractivity contribution in [1.82, 2.24) is 0 Å². The Kier molecular flexibility index (Phi) is 3.50. The van der Waals surface area contributed by atoms with Gasteiger partial charge in [-0.2, -0.15) is 0 Å². The van der Waals surface area contributed by atoms with Gasteiger partial charge in [0, 0.05) is 12.8 Å². The summed E-state index contributed by atoms with van der Waals surface area (Å²) in [6.45, 7) is 6.26. The fourth-order valence-electron chi connectivity index (χ4n) is 3.02. The van der Waals surface area contributed by atoms with E-state index in [2.05, 4.69) is 45.0 Å². The zero-order valence-corrected chi connectivity index (χ0v) is 12.9. The van der Waals surface area contributed by atoms with Crippen LogP contribution < -0.4 is 4.74 Å². The van der Waals surface area contributed by atoms with Crippen molar-refractivity contribution in [1.29, 1.82) is 0 Å². The normalized spacial score (nSPS) is 17.1. The molecule has 0 saturated carbocycles. The second kappa shape index (κ2) is 5.19. The van der Waals surface area contributed by atoms with Gasteiger partial charge in [0.1, 0.15) is 11.4 Å². The van der Waals surface area contributed by atoms with E-state index in [1.807, 2.05) is 18.2 Å². The Morgan fingerprint density at radius 3 is 2.76 bits per heavy atom. The third-order valence-electron chi connectivity index (χ3n) is 3.98. The first-order chi connectivity index (χ1) is 9.93. The predicted molar refractivity (Wildman–Crippen MR) is 84.7 cm³/mol. The van der Waals surface area contributed by atoms with Crippen LogP contribution in [0.2, 0.25) is 0 Å². The number of benzene rings is 2. The van der Waals surface area contributed by atoms with Crippen LogP contribution in [0.5, 0.6) is 5.75 Å². The van der Waals surface area contributed by atoms with Gasteiger partial charge in [-0.15, -0.1) is 0 Å². The molecule has 1 atom stereocenters. The van der Waals surface area contributed by atoms with E-state index in [-0.39, 0.29) is 5.60 Å². The molecule has 2 heteroatoms. The number of hydrogen-bond donors (Lipinski definition) is 1. The Morgan fingerprint density at radius 1 is 1.19 bits per heavy atom. The Labute approximate surface area is 126 Å². The summed E-state index contributed by atoms with van der Waals surface area (Å²) >= 11 is 0. The minimum atomic E-state index is -0.471. The van der Waals surface area contributed by atoms with Crippen molar-refractivity contribution >= 4 is 0 Å². The lowest BCUT2D eigenvalue weighted by Crippen LogP contribution is -2.24. The van der Waals surface area contributed by atoms with Crippen molar-refractivity contribution in [3.05, 3.63) is 64.7 Å². The highest BCUT2D eigenvalue weighted by molar-refractivity contribution is 5.42. The van der Waals surface area contributed by atoms with Crippen LogP contribution in [0.3, 0.4) is 0 Å². The standard InChI is InChI=1S/C19H22O2/c1-13-5-4-6-14(9-13)10-17(20)15-7-8-18-16(11-15)12-19(2,3)21-18/h4-9,11,17,20H,10,12H2,1-3H3. The molecule has 0 saturated heterocycles. The molecule has 3 rings (SSSR count). The highest BCUT2D eigenvalue weighted by Gasteiger charge is 2.30. The van der Waals surface area contributed by atoms with Gasteiger partial charge in [0.15, 0.2) is 0 Å². The Balaban J connectivity index is 1.79. The van der Waals surface area contributed by atoms with Gasteiger partial charge in [-0.25, -0.2) is 0 Å². The van der Waals surface area contributed by atoms with Crippen molar-refractivity contribution in [2.24, 2.45) is 0 Å². The molecule has 0 spiro atoms. The lowest BCUT2D eigenvalue weighted by molar-refractivity contribution is 0.138. The molecule has 2 nitrogen and oxygen atoms in total. The van der Waals surface area contributed by atoms with Gasteiger partial charge >= 0.3 is 0 Å². The molecule has 110 valence electrons. The van der Waals surface area contributed by atoms with Crippen molar-refractivity contribution in [2.75, 3.05) is 0 Å². The van der Waals surface area contributed by atoms with Crippen molar-refractivity contribution in [3.63, 3.8) is 0 Å². The second-order valence-electron chi connectivity index (χ2n) is 6.61. The van der Waals surface area contributed by atoms with Gasteiger partial charge in [0.25, 0.3) is 0 Å². The molecule has 0 aromatic heterocycles. The van der Waals surface area contributed by atoms with E-state index in [4.69, 9.17) is 4.74 Å². The molecule has 0 fully saturated rings. The number of aryl methyl sites for hydroxylation is 1. The third kappa shape index (κ3) is 3.11. The molecule has 0 aliphatic carbocycles. The van der Waals surface area contributed by atoms with Crippen LogP contribution in [0.4, 0.5) is 0 Å². The lowest BCUT2D eigenvalue weighted by Gasteiger charge is -2.16. The summed E-state index contributed by atoms with van der Waals surface area (Å²) in [7, 11) is 0. The molecule has 1 unspecified atom stereocenters. The summed E-state index contributed by atoms with van der Waals surface area (Å²) in [6.07, 6.45) is 1.07. The van der Waals surface area contributed by atoms with Crippen LogP contribution in [-0.2, 0) is 12.8 Å². The maximum absolute atomic E-state index is 10.5. The molecule has 0 amide bonds. The van der Waals surface area contributed by atoms with E-state index in [0.717, 1.165) is 17.7 Å². The monoisotopic (exact) mass is 282 g/mol. The van der Waals surface area contributed by atoms with Crippen LogP contribution in [0.15, 0.2) is 42.5 Å². The first-order valence-corrected chi connectivity index (χ1v) is 7.48. The number of aliphatic hydroxyl groups excluding tert-OH is 1. The van der Waals surface area contributed by atoms with Crippen molar-refractivity contribution in [2.45, 2.75) is 45.3 Å². The molecular formula is C19H22O2. The average Bonchev–Trinajstić information content (AvgIpc) is 2.71. The number of rotatable bonds is 3. The van der Waals surface area contributed by atoms with Crippen LogP contribution in [0.25, 0.3) is 0 Å². The summed E-state index contributed by atoms with van der Waals surface area (Å²) in [5, 5.41) is 10.5. The first kappa shape index (κ1) is 14.2. The Bertz CT molecular complexity index is 658. The summed E-state index contributed by atoms with van der Waals surface area (Å²) < 4.78 is 5.88. The number of fused-ring (bicyclic) bond motifs is 1. The summed E-state index contributed by atoms with van der Waals surface area (Å²) in [6, 6.07) is 14.4. The maximum atomic E-state index is 10.5. The van der Waals surface area contributed by atoms with E-state index in [0.29, 0.717) is 6.42 Å². The quantitative estimate of drug-likeness (QED) is 0.922. The number of aliphatic hydroxyl groups is 1. The Hall–Kier alpha value is -1.80. The molecule has 2 aromatic carbocycles. The predicted octanol–water partition coefficient (Wildman–Crippen LogP) is 3.98.